The van der Waals surface area contributed by atoms with Gasteiger partial charge in [0, 0.05) is 6.20 Å². The Bertz CT molecular complexity index is 672. The van der Waals surface area contributed by atoms with E-state index in [2.05, 4.69) is 9.94 Å². The quantitative estimate of drug-likeness (QED) is 0.636. The number of rotatable bonds is 3. The summed E-state index contributed by atoms with van der Waals surface area (Å²) in [5, 5.41) is 4.16. The number of hydrogen-bond donors (Lipinski definition) is 0. The van der Waals surface area contributed by atoms with Gasteiger partial charge in [0.15, 0.2) is 0 Å². The largest absolute Gasteiger partial charge is 0.469 e. The maximum atomic E-state index is 11.4. The van der Waals surface area contributed by atoms with Crippen molar-refractivity contribution >= 4 is 11.7 Å². The van der Waals surface area contributed by atoms with Gasteiger partial charge in [-0.2, -0.15) is 5.10 Å². The molecule has 5 heteroatoms. The van der Waals surface area contributed by atoms with E-state index in [1.54, 1.807) is 10.9 Å². The predicted molar refractivity (Wildman–Crippen MR) is 75.0 cm³/mol. The van der Waals surface area contributed by atoms with Crippen molar-refractivity contribution in [3.8, 4) is 5.69 Å². The Morgan fingerprint density at radius 1 is 1.40 bits per heavy atom. The second kappa shape index (κ2) is 5.57. The first kappa shape index (κ1) is 13.8. The number of esters is 1. The van der Waals surface area contributed by atoms with Gasteiger partial charge in [0.05, 0.1) is 32.0 Å². The number of hydrogen-bond acceptors (Lipinski definition) is 3. The Balaban J connectivity index is 2.39. The van der Waals surface area contributed by atoms with Gasteiger partial charge >= 0.3 is 5.97 Å². The van der Waals surface area contributed by atoms with E-state index < -0.39 is 0 Å². The van der Waals surface area contributed by atoms with Crippen LogP contribution in [0, 0.1) is 20.4 Å². The van der Waals surface area contributed by atoms with Crippen molar-refractivity contribution < 1.29 is 9.53 Å². The first-order valence-corrected chi connectivity index (χ1v) is 6.14. The summed E-state index contributed by atoms with van der Waals surface area (Å²) in [6.45, 7) is 10.9. The van der Waals surface area contributed by atoms with Crippen LogP contribution in [0.1, 0.15) is 16.7 Å². The van der Waals surface area contributed by atoms with Crippen LogP contribution < -0.4 is 0 Å². The van der Waals surface area contributed by atoms with Gasteiger partial charge in [-0.3, -0.25) is 9.48 Å². The van der Waals surface area contributed by atoms with E-state index in [1.165, 1.54) is 13.3 Å². The van der Waals surface area contributed by atoms with Crippen LogP contribution in [0.25, 0.3) is 10.5 Å². The molecule has 0 spiro atoms. The Morgan fingerprint density at radius 2 is 2.05 bits per heavy atom. The topological polar surface area (TPSA) is 48.5 Å². The molecule has 0 aliphatic carbocycles. The Labute approximate surface area is 117 Å². The molecule has 0 atom stereocenters. The van der Waals surface area contributed by atoms with E-state index in [0.29, 0.717) is 5.69 Å². The van der Waals surface area contributed by atoms with Crippen LogP contribution in [0.15, 0.2) is 24.5 Å². The van der Waals surface area contributed by atoms with Crippen molar-refractivity contribution in [1.82, 2.24) is 9.78 Å². The second-order valence-corrected chi connectivity index (χ2v) is 4.57. The highest BCUT2D eigenvalue weighted by atomic mass is 16.5. The summed E-state index contributed by atoms with van der Waals surface area (Å²) < 4.78 is 6.37. The minimum Gasteiger partial charge on any atom is -0.469 e. The van der Waals surface area contributed by atoms with Gasteiger partial charge in [-0.05, 0) is 42.7 Å². The summed E-state index contributed by atoms with van der Waals surface area (Å²) in [4.78, 5) is 14.7. The minimum atomic E-state index is -0.252. The van der Waals surface area contributed by atoms with E-state index in [-0.39, 0.29) is 12.4 Å². The molecule has 0 radical (unpaired) electrons. The molecule has 0 fully saturated rings. The molecule has 1 aromatic carbocycles. The lowest BCUT2D eigenvalue weighted by Crippen LogP contribution is -2.08. The zero-order chi connectivity index (χ0) is 14.7. The number of aromatic nitrogens is 2. The highest BCUT2D eigenvalue weighted by molar-refractivity contribution is 5.73. The summed E-state index contributed by atoms with van der Waals surface area (Å²) >= 11 is 0. The number of nitrogens with zero attached hydrogens (tertiary/aromatic N) is 3. The van der Waals surface area contributed by atoms with Crippen LogP contribution in [-0.4, -0.2) is 22.9 Å². The van der Waals surface area contributed by atoms with E-state index in [0.717, 1.165) is 22.4 Å². The van der Waals surface area contributed by atoms with Crippen molar-refractivity contribution in [1.29, 1.82) is 0 Å². The van der Waals surface area contributed by atoms with Gasteiger partial charge in [0.2, 0.25) is 5.69 Å². The molecule has 2 rings (SSSR count). The number of carbonyl (C=O) groups is 1. The molecule has 0 unspecified atom stereocenters. The van der Waals surface area contributed by atoms with Gasteiger partial charge in [0.25, 0.3) is 0 Å². The predicted octanol–water partition coefficient (Wildman–Crippen LogP) is 2.76. The summed E-state index contributed by atoms with van der Waals surface area (Å²) in [6, 6.07) is 3.90. The fourth-order valence-corrected chi connectivity index (χ4v) is 2.11. The molecule has 5 nitrogen and oxygen atoms in total. The molecule has 20 heavy (non-hydrogen) atoms. The van der Waals surface area contributed by atoms with Crippen LogP contribution in [0.5, 0.6) is 0 Å². The molecule has 1 aromatic heterocycles. The molecule has 0 saturated carbocycles. The summed E-state index contributed by atoms with van der Waals surface area (Å²) in [5.41, 5.74) is 4.36. The van der Waals surface area contributed by atoms with Gasteiger partial charge in [-0.1, -0.05) is 0 Å². The Kier molecular flexibility index (Phi) is 3.85. The molecule has 2 aromatic rings. The van der Waals surface area contributed by atoms with Gasteiger partial charge < -0.3 is 4.74 Å². The number of aryl methyl sites for hydroxylation is 2. The highest BCUT2D eigenvalue weighted by Crippen LogP contribution is 2.21. The van der Waals surface area contributed by atoms with Gasteiger partial charge in [-0.25, -0.2) is 4.85 Å². The van der Waals surface area contributed by atoms with E-state index >= 15 is 0 Å². The van der Waals surface area contributed by atoms with E-state index in [1.807, 2.05) is 26.0 Å². The number of benzene rings is 1. The molecule has 1 heterocycles. The van der Waals surface area contributed by atoms with Crippen molar-refractivity contribution in [3.05, 3.63) is 52.6 Å². The van der Waals surface area contributed by atoms with Crippen LogP contribution in [0.4, 0.5) is 5.69 Å². The standard InChI is InChI=1S/C15H15N3O2/c1-10-5-13(18-9-12(16-3)8-17-18)6-11(2)14(10)7-15(19)20-4/h5-6,8-9H,7H2,1-2,4H3. The molecular weight excluding hydrogens is 254 g/mol. The smallest absolute Gasteiger partial charge is 0.309 e. The number of carbonyl (C=O) groups excluding carboxylic acids is 1. The lowest BCUT2D eigenvalue weighted by molar-refractivity contribution is -0.139. The molecule has 102 valence electrons. The molecular formula is C15H15N3O2. The minimum absolute atomic E-state index is 0.252. The van der Waals surface area contributed by atoms with Crippen molar-refractivity contribution in [2.75, 3.05) is 7.11 Å². The molecule has 0 aliphatic rings. The molecule has 0 bridgehead atoms. The van der Waals surface area contributed by atoms with E-state index in [9.17, 15) is 4.79 Å². The van der Waals surface area contributed by atoms with Crippen LogP contribution >= 0.6 is 0 Å². The monoisotopic (exact) mass is 269 g/mol. The van der Waals surface area contributed by atoms with Crippen molar-refractivity contribution in [3.63, 3.8) is 0 Å². The lowest BCUT2D eigenvalue weighted by atomic mass is 9.99. The molecule has 0 aliphatic heterocycles. The van der Waals surface area contributed by atoms with Crippen LogP contribution in [0.2, 0.25) is 0 Å². The molecule has 0 amide bonds. The zero-order valence-corrected chi connectivity index (χ0v) is 11.7. The van der Waals surface area contributed by atoms with E-state index in [4.69, 9.17) is 11.3 Å². The number of methoxy groups -OCH3 is 1. The molecule has 0 N–H and O–H groups in total. The SMILES string of the molecule is [C-]#[N+]c1cnn(-c2cc(C)c(CC(=O)OC)c(C)c2)c1. The zero-order valence-electron chi connectivity index (χ0n) is 11.7. The first-order chi connectivity index (χ1) is 9.55. The maximum absolute atomic E-state index is 11.4. The third kappa shape index (κ3) is 2.69. The van der Waals surface area contributed by atoms with Crippen molar-refractivity contribution in [2.24, 2.45) is 0 Å². The highest BCUT2D eigenvalue weighted by Gasteiger charge is 2.11. The Hall–Kier alpha value is -2.61. The number of ether oxygens (including phenoxy) is 1. The third-order valence-corrected chi connectivity index (χ3v) is 3.19. The fourth-order valence-electron chi connectivity index (χ4n) is 2.11. The second-order valence-electron chi connectivity index (χ2n) is 4.57. The van der Waals surface area contributed by atoms with Crippen LogP contribution in [-0.2, 0) is 16.0 Å². The average molecular weight is 269 g/mol. The molecule has 0 saturated heterocycles. The van der Waals surface area contributed by atoms with Crippen molar-refractivity contribution in [2.45, 2.75) is 20.3 Å². The van der Waals surface area contributed by atoms with Crippen LogP contribution in [0.3, 0.4) is 0 Å². The summed E-state index contributed by atoms with van der Waals surface area (Å²) in [7, 11) is 1.39. The van der Waals surface area contributed by atoms with Gasteiger partial charge in [0.1, 0.15) is 0 Å². The first-order valence-electron chi connectivity index (χ1n) is 6.14. The van der Waals surface area contributed by atoms with Gasteiger partial charge in [-0.15, -0.1) is 0 Å². The Morgan fingerprint density at radius 3 is 2.55 bits per heavy atom. The average Bonchev–Trinajstić information content (AvgIpc) is 2.91. The fraction of sp³-hybridized carbons (Fsp3) is 0.267. The maximum Gasteiger partial charge on any atom is 0.309 e. The normalized spacial score (nSPS) is 10.1. The summed E-state index contributed by atoms with van der Waals surface area (Å²) in [5.74, 6) is -0.252. The summed E-state index contributed by atoms with van der Waals surface area (Å²) in [6.07, 6.45) is 3.47. The third-order valence-electron chi connectivity index (χ3n) is 3.19. The lowest BCUT2D eigenvalue weighted by Gasteiger charge is -2.12.